The summed E-state index contributed by atoms with van der Waals surface area (Å²) in [5.74, 6) is 0.757. The number of carbonyl (C=O) groups excluding carboxylic acids is 1. The predicted molar refractivity (Wildman–Crippen MR) is 114 cm³/mol. The predicted octanol–water partition coefficient (Wildman–Crippen LogP) is 5.59. The minimum absolute atomic E-state index is 0.117. The smallest absolute Gasteiger partial charge is 0.265 e. The minimum atomic E-state index is -0.117. The van der Waals surface area contributed by atoms with E-state index < -0.39 is 0 Å². The minimum Gasteiger partial charge on any atom is -0.437 e. The van der Waals surface area contributed by atoms with Crippen LogP contribution in [0.5, 0.6) is 11.6 Å². The van der Waals surface area contributed by atoms with Crippen LogP contribution in [0.25, 0.3) is 11.3 Å². The van der Waals surface area contributed by atoms with Gasteiger partial charge in [-0.15, -0.1) is 0 Å². The SMILES string of the molecule is O=C(NN1CCCC1)c1cccc(-c2cccc(Oc3ccc(Cl)cc3Cl)n2)c1. The van der Waals surface area contributed by atoms with Crippen LogP contribution in [0.1, 0.15) is 23.2 Å². The molecule has 4 rings (SSSR count). The summed E-state index contributed by atoms with van der Waals surface area (Å²) in [6.45, 7) is 1.78. The molecule has 1 saturated heterocycles. The van der Waals surface area contributed by atoms with Gasteiger partial charge in [-0.05, 0) is 49.2 Å². The zero-order valence-corrected chi connectivity index (χ0v) is 17.1. The number of nitrogens with zero attached hydrogens (tertiary/aromatic N) is 2. The average Bonchev–Trinajstić information content (AvgIpc) is 3.23. The zero-order valence-electron chi connectivity index (χ0n) is 15.6. The lowest BCUT2D eigenvalue weighted by molar-refractivity contribution is 0.0826. The monoisotopic (exact) mass is 427 g/mol. The lowest BCUT2D eigenvalue weighted by Crippen LogP contribution is -2.39. The van der Waals surface area contributed by atoms with Crippen LogP contribution in [-0.4, -0.2) is 29.0 Å². The molecule has 1 aromatic heterocycles. The Hall–Kier alpha value is -2.60. The Balaban J connectivity index is 1.54. The summed E-state index contributed by atoms with van der Waals surface area (Å²) in [4.78, 5) is 17.1. The number of hydrogen-bond donors (Lipinski definition) is 1. The molecule has 7 heteroatoms. The van der Waals surface area contributed by atoms with Crippen LogP contribution in [0.2, 0.25) is 10.0 Å². The fourth-order valence-electron chi connectivity index (χ4n) is 3.16. The molecule has 0 atom stereocenters. The van der Waals surface area contributed by atoms with Crippen LogP contribution in [-0.2, 0) is 0 Å². The van der Waals surface area contributed by atoms with Gasteiger partial charge in [0, 0.05) is 35.3 Å². The van der Waals surface area contributed by atoms with Gasteiger partial charge in [0.05, 0.1) is 10.7 Å². The average molecular weight is 428 g/mol. The summed E-state index contributed by atoms with van der Waals surface area (Å²) in [6, 6.07) is 17.9. The Morgan fingerprint density at radius 2 is 1.79 bits per heavy atom. The van der Waals surface area contributed by atoms with E-state index in [2.05, 4.69) is 10.4 Å². The topological polar surface area (TPSA) is 54.5 Å². The van der Waals surface area contributed by atoms with Gasteiger partial charge in [0.1, 0.15) is 5.75 Å². The van der Waals surface area contributed by atoms with Crippen LogP contribution >= 0.6 is 23.2 Å². The first-order chi connectivity index (χ1) is 14.1. The third-order valence-electron chi connectivity index (χ3n) is 4.62. The van der Waals surface area contributed by atoms with Crippen molar-refractivity contribution in [2.75, 3.05) is 13.1 Å². The van der Waals surface area contributed by atoms with Crippen molar-refractivity contribution in [3.8, 4) is 22.9 Å². The first-order valence-corrected chi connectivity index (χ1v) is 10.1. The number of ether oxygens (including phenoxy) is 1. The van der Waals surface area contributed by atoms with Gasteiger partial charge in [-0.2, -0.15) is 0 Å². The first-order valence-electron chi connectivity index (χ1n) is 9.35. The Bertz CT molecular complexity index is 1040. The second-order valence-electron chi connectivity index (χ2n) is 6.75. The molecule has 148 valence electrons. The van der Waals surface area contributed by atoms with Crippen molar-refractivity contribution in [1.29, 1.82) is 0 Å². The molecule has 0 saturated carbocycles. The maximum Gasteiger partial charge on any atom is 0.265 e. The molecule has 1 N–H and O–H groups in total. The van der Waals surface area contributed by atoms with Crippen molar-refractivity contribution in [3.05, 3.63) is 76.3 Å². The Kier molecular flexibility index (Phi) is 6.00. The van der Waals surface area contributed by atoms with E-state index >= 15 is 0 Å². The molecular weight excluding hydrogens is 409 g/mol. The highest BCUT2D eigenvalue weighted by Crippen LogP contribution is 2.31. The van der Waals surface area contributed by atoms with Crippen molar-refractivity contribution >= 4 is 29.1 Å². The number of hydrogen-bond acceptors (Lipinski definition) is 4. The molecule has 5 nitrogen and oxygen atoms in total. The quantitative estimate of drug-likeness (QED) is 0.576. The number of aromatic nitrogens is 1. The molecule has 29 heavy (non-hydrogen) atoms. The maximum atomic E-state index is 12.5. The van der Waals surface area contributed by atoms with E-state index in [1.54, 1.807) is 30.3 Å². The van der Waals surface area contributed by atoms with Crippen molar-refractivity contribution < 1.29 is 9.53 Å². The molecule has 0 bridgehead atoms. The Morgan fingerprint density at radius 1 is 1.00 bits per heavy atom. The maximum absolute atomic E-state index is 12.5. The summed E-state index contributed by atoms with van der Waals surface area (Å²) >= 11 is 12.1. The van der Waals surface area contributed by atoms with Crippen molar-refractivity contribution in [3.63, 3.8) is 0 Å². The number of rotatable bonds is 5. The van der Waals surface area contributed by atoms with E-state index in [-0.39, 0.29) is 5.91 Å². The zero-order chi connectivity index (χ0) is 20.2. The van der Waals surface area contributed by atoms with Gasteiger partial charge >= 0.3 is 0 Å². The number of pyridine rings is 1. The van der Waals surface area contributed by atoms with Gasteiger partial charge < -0.3 is 4.74 Å². The molecule has 1 aliphatic rings. The van der Waals surface area contributed by atoms with Crippen molar-refractivity contribution in [2.24, 2.45) is 0 Å². The van der Waals surface area contributed by atoms with E-state index in [4.69, 9.17) is 27.9 Å². The highest BCUT2D eigenvalue weighted by molar-refractivity contribution is 6.35. The number of halogens is 2. The van der Waals surface area contributed by atoms with Crippen LogP contribution in [0, 0.1) is 0 Å². The van der Waals surface area contributed by atoms with Gasteiger partial charge in [-0.25, -0.2) is 9.99 Å². The van der Waals surface area contributed by atoms with E-state index in [0.717, 1.165) is 31.5 Å². The number of benzene rings is 2. The van der Waals surface area contributed by atoms with E-state index in [0.29, 0.717) is 32.9 Å². The van der Waals surface area contributed by atoms with E-state index in [1.165, 1.54) is 0 Å². The normalized spacial score (nSPS) is 14.0. The largest absolute Gasteiger partial charge is 0.437 e. The van der Waals surface area contributed by atoms with Crippen LogP contribution in [0.4, 0.5) is 0 Å². The number of carbonyl (C=O) groups is 1. The molecular formula is C22H19Cl2N3O2. The first kappa shape index (κ1) is 19.7. The molecule has 0 spiro atoms. The lowest BCUT2D eigenvalue weighted by Gasteiger charge is -2.16. The Morgan fingerprint density at radius 3 is 2.59 bits per heavy atom. The molecule has 3 aromatic rings. The van der Waals surface area contributed by atoms with Gasteiger partial charge in [0.25, 0.3) is 5.91 Å². The third kappa shape index (κ3) is 4.88. The second kappa shape index (κ2) is 8.82. The summed E-state index contributed by atoms with van der Waals surface area (Å²) in [6.07, 6.45) is 2.21. The molecule has 1 fully saturated rings. The van der Waals surface area contributed by atoms with Crippen molar-refractivity contribution in [1.82, 2.24) is 15.4 Å². The van der Waals surface area contributed by atoms with Crippen LogP contribution < -0.4 is 10.2 Å². The number of hydrazine groups is 1. The molecule has 0 aliphatic carbocycles. The summed E-state index contributed by atoms with van der Waals surface area (Å²) < 4.78 is 5.81. The fourth-order valence-corrected chi connectivity index (χ4v) is 3.61. The molecule has 0 radical (unpaired) electrons. The molecule has 2 heterocycles. The summed E-state index contributed by atoms with van der Waals surface area (Å²) in [5, 5.41) is 2.90. The highest BCUT2D eigenvalue weighted by atomic mass is 35.5. The fraction of sp³-hybridized carbons (Fsp3) is 0.182. The highest BCUT2D eigenvalue weighted by Gasteiger charge is 2.16. The number of nitrogens with one attached hydrogen (secondary N) is 1. The number of amides is 1. The van der Waals surface area contributed by atoms with Crippen LogP contribution in [0.15, 0.2) is 60.7 Å². The standard InChI is InChI=1S/C22H19Cl2N3O2/c23-17-9-10-20(18(24)14-17)29-21-8-4-7-19(25-21)15-5-3-6-16(13-15)22(28)26-27-11-1-2-12-27/h3-10,13-14H,1-2,11-12H2,(H,26,28). The van der Waals surface area contributed by atoms with Gasteiger partial charge in [-0.1, -0.05) is 41.4 Å². The summed E-state index contributed by atoms with van der Waals surface area (Å²) in [7, 11) is 0. The molecule has 0 unspecified atom stereocenters. The van der Waals surface area contributed by atoms with E-state index in [9.17, 15) is 4.79 Å². The van der Waals surface area contributed by atoms with Crippen molar-refractivity contribution in [2.45, 2.75) is 12.8 Å². The summed E-state index contributed by atoms with van der Waals surface area (Å²) in [5.41, 5.74) is 5.06. The lowest BCUT2D eigenvalue weighted by atomic mass is 10.1. The van der Waals surface area contributed by atoms with Gasteiger partial charge in [-0.3, -0.25) is 10.2 Å². The van der Waals surface area contributed by atoms with E-state index in [1.807, 2.05) is 35.3 Å². The van der Waals surface area contributed by atoms with Gasteiger partial charge in [0.15, 0.2) is 0 Å². The molecule has 2 aromatic carbocycles. The Labute approximate surface area is 179 Å². The van der Waals surface area contributed by atoms with Crippen LogP contribution in [0.3, 0.4) is 0 Å². The third-order valence-corrected chi connectivity index (χ3v) is 5.15. The van der Waals surface area contributed by atoms with Gasteiger partial charge in [0.2, 0.25) is 5.88 Å². The molecule has 1 aliphatic heterocycles. The molecule has 1 amide bonds. The second-order valence-corrected chi connectivity index (χ2v) is 7.60.